The summed E-state index contributed by atoms with van der Waals surface area (Å²) in [5, 5.41) is 7.71. The van der Waals surface area contributed by atoms with Crippen LogP contribution in [-0.4, -0.2) is 34.3 Å². The number of rotatable bonds is 5. The summed E-state index contributed by atoms with van der Waals surface area (Å²) < 4.78 is 30.1. The average Bonchev–Trinajstić information content (AvgIpc) is 3.47. The van der Waals surface area contributed by atoms with Crippen LogP contribution in [-0.2, 0) is 13.5 Å². The molecule has 6 nitrogen and oxygen atoms in total. The molecule has 0 radical (unpaired) electrons. The molecule has 0 unspecified atom stereocenters. The van der Waals surface area contributed by atoms with Crippen molar-refractivity contribution in [3.63, 3.8) is 0 Å². The number of benzene rings is 2. The Hall–Kier alpha value is -3.68. The van der Waals surface area contributed by atoms with Crippen molar-refractivity contribution in [2.75, 3.05) is 18.5 Å². The van der Waals surface area contributed by atoms with Crippen LogP contribution in [0, 0.1) is 0 Å². The van der Waals surface area contributed by atoms with Gasteiger partial charge in [0.1, 0.15) is 0 Å². The summed E-state index contributed by atoms with van der Waals surface area (Å²) >= 11 is 0. The van der Waals surface area contributed by atoms with Crippen LogP contribution in [0.1, 0.15) is 62.5 Å². The zero-order chi connectivity index (χ0) is 24.9. The summed E-state index contributed by atoms with van der Waals surface area (Å²) in [5.41, 5.74) is 6.54. The number of alkyl halides is 2. The predicted octanol–water partition coefficient (Wildman–Crippen LogP) is 6.57. The lowest BCUT2D eigenvalue weighted by atomic mass is 9.92. The number of carbonyl (C=O) groups excluding carboxylic acids is 1. The van der Waals surface area contributed by atoms with Crippen molar-refractivity contribution in [2.24, 2.45) is 7.05 Å². The van der Waals surface area contributed by atoms with E-state index in [1.54, 1.807) is 43.4 Å². The number of halogens is 2. The van der Waals surface area contributed by atoms with E-state index in [4.69, 9.17) is 0 Å². The summed E-state index contributed by atoms with van der Waals surface area (Å²) in [6.07, 6.45) is 4.23. The molecule has 0 fully saturated rings. The fraction of sp³-hybridized carbons (Fsp3) is 0.333. The molecular weight excluding hydrogens is 448 g/mol. The second-order valence-electron chi connectivity index (χ2n) is 9.42. The smallest absolute Gasteiger partial charge is 0.264 e. The molecule has 0 aliphatic carbocycles. The van der Waals surface area contributed by atoms with Gasteiger partial charge >= 0.3 is 0 Å². The number of nitrogens with one attached hydrogen (secondary N) is 2. The van der Waals surface area contributed by atoms with E-state index in [2.05, 4.69) is 40.2 Å². The highest BCUT2D eigenvalue weighted by Crippen LogP contribution is 2.43. The summed E-state index contributed by atoms with van der Waals surface area (Å²) in [4.78, 5) is 17.9. The summed E-state index contributed by atoms with van der Waals surface area (Å²) in [6.45, 7) is 4.93. The summed E-state index contributed by atoms with van der Waals surface area (Å²) in [6, 6.07) is 7.64. The summed E-state index contributed by atoms with van der Waals surface area (Å²) in [7, 11) is 3.39. The molecule has 1 aliphatic heterocycles. The predicted molar refractivity (Wildman–Crippen MR) is 139 cm³/mol. The number of nitrogens with zero attached hydrogens (tertiary/aromatic N) is 3. The third kappa shape index (κ3) is 3.96. The lowest BCUT2D eigenvalue weighted by molar-refractivity contribution is 0.0964. The average molecular weight is 482 g/mol. The quantitative estimate of drug-likeness (QED) is 0.339. The van der Waals surface area contributed by atoms with Crippen LogP contribution >= 0.6 is 0 Å². The minimum Gasteiger partial charge on any atom is -0.360 e. The maximum absolute atomic E-state index is 14.2. The fourth-order valence-electron chi connectivity index (χ4n) is 5.09. The molecule has 0 bridgehead atoms. The Morgan fingerprint density at radius 3 is 2.66 bits per heavy atom. The number of aryl methyl sites for hydroxylation is 2. The largest absolute Gasteiger partial charge is 0.360 e. The van der Waals surface area contributed by atoms with Crippen molar-refractivity contribution in [1.29, 1.82) is 0 Å². The molecule has 0 atom stereocenters. The molecule has 3 heterocycles. The zero-order valence-electron chi connectivity index (χ0n) is 20.3. The number of aromatic nitrogens is 3. The molecule has 0 saturated carbocycles. The van der Waals surface area contributed by atoms with E-state index >= 15 is 0 Å². The molecule has 2 aromatic heterocycles. The third-order valence-corrected chi connectivity index (χ3v) is 6.83. The van der Waals surface area contributed by atoms with Crippen molar-refractivity contribution in [3.8, 4) is 11.1 Å². The Balaban J connectivity index is 0.00000190. The van der Waals surface area contributed by atoms with Gasteiger partial charge in [0.15, 0.2) is 0 Å². The zero-order valence-corrected chi connectivity index (χ0v) is 20.3. The number of hydrogen-bond acceptors (Lipinski definition) is 3. The monoisotopic (exact) mass is 481 g/mol. The minimum absolute atomic E-state index is 0. The molecule has 2 N–H and O–H groups in total. The number of amides is 1. The van der Waals surface area contributed by atoms with Gasteiger partial charge in [0.2, 0.25) is 0 Å². The second kappa shape index (κ2) is 8.83. The Labute approximate surface area is 205 Å². The molecule has 1 amide bonds. The summed E-state index contributed by atoms with van der Waals surface area (Å²) in [5.74, 6) is 0.0470. The first-order valence-electron chi connectivity index (χ1n) is 11.9. The van der Waals surface area contributed by atoms with Crippen molar-refractivity contribution in [2.45, 2.75) is 39.0 Å². The van der Waals surface area contributed by atoms with Gasteiger partial charge in [-0.15, -0.1) is 0 Å². The molecule has 186 valence electrons. The lowest BCUT2D eigenvalue weighted by Crippen LogP contribution is -2.25. The molecule has 0 spiro atoms. The van der Waals surface area contributed by atoms with Crippen LogP contribution in [0.4, 0.5) is 20.2 Å². The molecule has 35 heavy (non-hydrogen) atoms. The molecule has 1 aliphatic rings. The van der Waals surface area contributed by atoms with Crippen LogP contribution in [0.5, 0.6) is 0 Å². The van der Waals surface area contributed by atoms with Gasteiger partial charge in [-0.25, -0.2) is 8.78 Å². The highest BCUT2D eigenvalue weighted by atomic mass is 19.3. The van der Waals surface area contributed by atoms with E-state index in [-0.39, 0.29) is 20.2 Å². The molecule has 4 aromatic rings. The van der Waals surface area contributed by atoms with Crippen molar-refractivity contribution < 1.29 is 16.4 Å². The van der Waals surface area contributed by atoms with Gasteiger partial charge in [-0.1, -0.05) is 13.8 Å². The van der Waals surface area contributed by atoms with Crippen LogP contribution in [0.15, 0.2) is 42.9 Å². The number of H-pyrrole nitrogens is 1. The highest BCUT2D eigenvalue weighted by molar-refractivity contribution is 6.08. The molecular formula is C27H33F2N5O. The second-order valence-corrected chi connectivity index (χ2v) is 9.42. The first-order valence-corrected chi connectivity index (χ1v) is 11.9. The third-order valence-electron chi connectivity index (χ3n) is 6.83. The number of anilines is 2. The van der Waals surface area contributed by atoms with Gasteiger partial charge in [0, 0.05) is 69.3 Å². The van der Waals surface area contributed by atoms with E-state index in [1.165, 1.54) is 0 Å². The van der Waals surface area contributed by atoms with Gasteiger partial charge in [-0.2, -0.15) is 5.10 Å². The van der Waals surface area contributed by atoms with Gasteiger partial charge < -0.3 is 15.2 Å². The Bertz CT molecular complexity index is 1430. The first-order chi connectivity index (χ1) is 16.8. The number of hydrogen-bond donors (Lipinski definition) is 2. The SMILES string of the molecule is CNC(=O)c1c[nH]c2c(C(C)C)cc(N3CCCc4cc(-c5cnn(C)c5)c(C(F)F)cc43)cc12.[HH].[HH]. The molecule has 8 heteroatoms. The highest BCUT2D eigenvalue weighted by Gasteiger charge is 2.26. The topological polar surface area (TPSA) is 66.0 Å². The van der Waals surface area contributed by atoms with Crippen molar-refractivity contribution in [3.05, 3.63) is 65.1 Å². The van der Waals surface area contributed by atoms with Crippen molar-refractivity contribution >= 4 is 28.2 Å². The number of aromatic amines is 1. The number of fused-ring (bicyclic) bond motifs is 2. The maximum atomic E-state index is 14.2. The Morgan fingerprint density at radius 2 is 2.00 bits per heavy atom. The van der Waals surface area contributed by atoms with E-state index in [9.17, 15) is 13.6 Å². The normalized spacial score (nSPS) is 13.7. The van der Waals surface area contributed by atoms with Crippen molar-refractivity contribution in [1.82, 2.24) is 20.1 Å². The van der Waals surface area contributed by atoms with Gasteiger partial charge in [-0.05, 0) is 59.7 Å². The van der Waals surface area contributed by atoms with E-state index in [1.807, 2.05) is 12.1 Å². The Kier molecular flexibility index (Phi) is 5.83. The van der Waals surface area contributed by atoms with Gasteiger partial charge in [-0.3, -0.25) is 9.48 Å². The maximum Gasteiger partial charge on any atom is 0.264 e. The van der Waals surface area contributed by atoms with Gasteiger partial charge in [0.25, 0.3) is 12.3 Å². The van der Waals surface area contributed by atoms with Crippen LogP contribution < -0.4 is 10.2 Å². The van der Waals surface area contributed by atoms with Gasteiger partial charge in [0.05, 0.1) is 11.8 Å². The van der Waals surface area contributed by atoms with Crippen LogP contribution in [0.2, 0.25) is 0 Å². The standard InChI is InChI=1S/C27H29F2N5O.2H2/c1-15(2)19-9-18(10-21-23(27(35)30-3)13-31-25(19)21)34-7-5-6-16-8-20(17-12-32-33(4)14-17)22(26(28)29)11-24(16)34;;/h8-15,26,31H,5-7H2,1-4H3,(H,30,35);2*1H. The molecule has 0 saturated heterocycles. The number of carbonyl (C=O) groups is 1. The fourth-order valence-corrected chi connectivity index (χ4v) is 5.09. The minimum atomic E-state index is -2.61. The van der Waals surface area contributed by atoms with Crippen LogP contribution in [0.25, 0.3) is 22.0 Å². The molecule has 5 rings (SSSR count). The van der Waals surface area contributed by atoms with E-state index < -0.39 is 6.43 Å². The molecule has 2 aromatic carbocycles. The van der Waals surface area contributed by atoms with Crippen LogP contribution in [0.3, 0.4) is 0 Å². The van der Waals surface area contributed by atoms with E-state index in [0.29, 0.717) is 23.2 Å². The Morgan fingerprint density at radius 1 is 1.20 bits per heavy atom. The first kappa shape index (κ1) is 23.1. The lowest BCUT2D eigenvalue weighted by Gasteiger charge is -2.33. The van der Waals surface area contributed by atoms with E-state index in [0.717, 1.165) is 46.2 Å².